The van der Waals surface area contributed by atoms with E-state index in [1.165, 1.54) is 0 Å². The van der Waals surface area contributed by atoms with E-state index < -0.39 is 17.5 Å². The van der Waals surface area contributed by atoms with Crippen molar-refractivity contribution in [1.82, 2.24) is 0 Å². The maximum absolute atomic E-state index is 13.1. The minimum atomic E-state index is -1.45. The standard InChI is InChI=1S/C16H16F3NO/c1-2-7-21-15-6-4-3-5-14(15)20-10-11-8-12(17)16(19)13(18)9-11/h3-6,8-9,20H,2,7,10H2,1H3. The van der Waals surface area contributed by atoms with Crippen LogP contribution in [0.1, 0.15) is 18.9 Å². The topological polar surface area (TPSA) is 21.3 Å². The lowest BCUT2D eigenvalue weighted by molar-refractivity contribution is 0.319. The van der Waals surface area contributed by atoms with Crippen molar-refractivity contribution in [2.75, 3.05) is 11.9 Å². The van der Waals surface area contributed by atoms with Crippen LogP contribution in [0.5, 0.6) is 5.75 Å². The van der Waals surface area contributed by atoms with Gasteiger partial charge in [-0.1, -0.05) is 19.1 Å². The van der Waals surface area contributed by atoms with Gasteiger partial charge in [0.1, 0.15) is 5.75 Å². The first kappa shape index (κ1) is 15.2. The van der Waals surface area contributed by atoms with E-state index in [1.54, 1.807) is 6.07 Å². The van der Waals surface area contributed by atoms with Gasteiger partial charge in [-0.05, 0) is 36.2 Å². The normalized spacial score (nSPS) is 10.5. The van der Waals surface area contributed by atoms with Gasteiger partial charge in [0.05, 0.1) is 12.3 Å². The van der Waals surface area contributed by atoms with Gasteiger partial charge in [0.2, 0.25) is 0 Å². The summed E-state index contributed by atoms with van der Waals surface area (Å²) in [6.07, 6.45) is 0.878. The summed E-state index contributed by atoms with van der Waals surface area (Å²) in [7, 11) is 0. The van der Waals surface area contributed by atoms with Crippen molar-refractivity contribution in [1.29, 1.82) is 0 Å². The van der Waals surface area contributed by atoms with Gasteiger partial charge < -0.3 is 10.1 Å². The summed E-state index contributed by atoms with van der Waals surface area (Å²) in [4.78, 5) is 0. The fourth-order valence-corrected chi connectivity index (χ4v) is 1.86. The van der Waals surface area contributed by atoms with Crippen LogP contribution in [0.15, 0.2) is 36.4 Å². The Bertz CT molecular complexity index is 593. The van der Waals surface area contributed by atoms with Gasteiger partial charge in [-0.25, -0.2) is 13.2 Å². The Morgan fingerprint density at radius 2 is 1.71 bits per heavy atom. The second-order valence-corrected chi connectivity index (χ2v) is 4.57. The molecule has 0 saturated heterocycles. The molecular formula is C16H16F3NO. The molecule has 0 heterocycles. The Labute approximate surface area is 121 Å². The van der Waals surface area contributed by atoms with E-state index in [0.717, 1.165) is 24.2 Å². The number of para-hydroxylation sites is 2. The molecule has 112 valence electrons. The van der Waals surface area contributed by atoms with Crippen molar-refractivity contribution < 1.29 is 17.9 Å². The van der Waals surface area contributed by atoms with E-state index in [2.05, 4.69) is 5.32 Å². The SMILES string of the molecule is CCCOc1ccccc1NCc1cc(F)c(F)c(F)c1. The minimum absolute atomic E-state index is 0.167. The fraction of sp³-hybridized carbons (Fsp3) is 0.250. The monoisotopic (exact) mass is 295 g/mol. The third kappa shape index (κ3) is 3.90. The molecule has 21 heavy (non-hydrogen) atoms. The van der Waals surface area contributed by atoms with Crippen LogP contribution in [-0.2, 0) is 6.54 Å². The lowest BCUT2D eigenvalue weighted by Gasteiger charge is -2.13. The molecule has 0 radical (unpaired) electrons. The smallest absolute Gasteiger partial charge is 0.194 e. The number of benzene rings is 2. The fourth-order valence-electron chi connectivity index (χ4n) is 1.86. The molecule has 0 unspecified atom stereocenters. The summed E-state index contributed by atoms with van der Waals surface area (Å²) in [6.45, 7) is 2.75. The first-order valence-electron chi connectivity index (χ1n) is 6.71. The molecule has 0 aromatic heterocycles. The number of halogens is 3. The average Bonchev–Trinajstić information content (AvgIpc) is 2.49. The van der Waals surface area contributed by atoms with E-state index in [1.807, 2.05) is 25.1 Å². The third-order valence-electron chi connectivity index (χ3n) is 2.88. The average molecular weight is 295 g/mol. The predicted octanol–water partition coefficient (Wildman–Crippen LogP) is 4.50. The van der Waals surface area contributed by atoms with Crippen LogP contribution >= 0.6 is 0 Å². The zero-order valence-corrected chi connectivity index (χ0v) is 11.6. The molecule has 0 amide bonds. The lowest BCUT2D eigenvalue weighted by Crippen LogP contribution is -2.05. The highest BCUT2D eigenvalue weighted by Crippen LogP contribution is 2.25. The second-order valence-electron chi connectivity index (χ2n) is 4.57. The van der Waals surface area contributed by atoms with E-state index in [9.17, 15) is 13.2 Å². The van der Waals surface area contributed by atoms with E-state index in [4.69, 9.17) is 4.74 Å². The van der Waals surface area contributed by atoms with Gasteiger partial charge in [0.25, 0.3) is 0 Å². The van der Waals surface area contributed by atoms with Gasteiger partial charge in [0.15, 0.2) is 17.5 Å². The molecule has 0 aliphatic carbocycles. The van der Waals surface area contributed by atoms with Crippen molar-refractivity contribution in [3.63, 3.8) is 0 Å². The Hall–Kier alpha value is -2.17. The maximum atomic E-state index is 13.1. The predicted molar refractivity (Wildman–Crippen MR) is 75.9 cm³/mol. The maximum Gasteiger partial charge on any atom is 0.194 e. The lowest BCUT2D eigenvalue weighted by atomic mass is 10.2. The number of nitrogens with one attached hydrogen (secondary N) is 1. The van der Waals surface area contributed by atoms with E-state index in [-0.39, 0.29) is 6.54 Å². The molecule has 2 rings (SSSR count). The molecule has 2 nitrogen and oxygen atoms in total. The highest BCUT2D eigenvalue weighted by molar-refractivity contribution is 5.56. The van der Waals surface area contributed by atoms with Gasteiger partial charge in [0, 0.05) is 6.54 Å². The summed E-state index contributed by atoms with van der Waals surface area (Å²) in [5, 5.41) is 3.03. The number of hydrogen-bond donors (Lipinski definition) is 1. The summed E-state index contributed by atoms with van der Waals surface area (Å²) in [5.41, 5.74) is 1.03. The van der Waals surface area contributed by atoms with Crippen LogP contribution in [0.4, 0.5) is 18.9 Å². The molecule has 0 bridgehead atoms. The zero-order valence-electron chi connectivity index (χ0n) is 11.6. The van der Waals surface area contributed by atoms with Crippen molar-refractivity contribution >= 4 is 5.69 Å². The molecule has 0 spiro atoms. The molecule has 0 fully saturated rings. The van der Waals surface area contributed by atoms with Gasteiger partial charge in [-0.15, -0.1) is 0 Å². The molecule has 1 N–H and O–H groups in total. The van der Waals surface area contributed by atoms with Crippen molar-refractivity contribution in [3.05, 3.63) is 59.4 Å². The van der Waals surface area contributed by atoms with Gasteiger partial charge >= 0.3 is 0 Å². The largest absolute Gasteiger partial charge is 0.491 e. The first-order valence-corrected chi connectivity index (χ1v) is 6.71. The third-order valence-corrected chi connectivity index (χ3v) is 2.88. The number of anilines is 1. The number of rotatable bonds is 6. The molecule has 0 saturated carbocycles. The Balaban J connectivity index is 2.09. The first-order chi connectivity index (χ1) is 10.1. The number of ether oxygens (including phenoxy) is 1. The Morgan fingerprint density at radius 1 is 1.05 bits per heavy atom. The molecule has 2 aromatic carbocycles. The molecule has 0 aliphatic heterocycles. The molecule has 0 atom stereocenters. The summed E-state index contributed by atoms with van der Waals surface area (Å²) in [5.74, 6) is -3.17. The van der Waals surface area contributed by atoms with Crippen LogP contribution in [0, 0.1) is 17.5 Å². The Kier molecular flexibility index (Phi) is 5.09. The minimum Gasteiger partial charge on any atom is -0.491 e. The Morgan fingerprint density at radius 3 is 2.38 bits per heavy atom. The molecule has 2 aromatic rings. The van der Waals surface area contributed by atoms with Crippen molar-refractivity contribution in [2.45, 2.75) is 19.9 Å². The van der Waals surface area contributed by atoms with E-state index >= 15 is 0 Å². The van der Waals surface area contributed by atoms with E-state index in [0.29, 0.717) is 17.9 Å². The van der Waals surface area contributed by atoms with Crippen LogP contribution in [0.3, 0.4) is 0 Å². The molecule has 5 heteroatoms. The van der Waals surface area contributed by atoms with Crippen LogP contribution in [0.2, 0.25) is 0 Å². The van der Waals surface area contributed by atoms with Gasteiger partial charge in [-0.2, -0.15) is 0 Å². The summed E-state index contributed by atoms with van der Waals surface area (Å²) in [6, 6.07) is 9.23. The molecule has 0 aliphatic rings. The molecular weight excluding hydrogens is 279 g/mol. The highest BCUT2D eigenvalue weighted by atomic mass is 19.2. The quantitative estimate of drug-likeness (QED) is 0.792. The zero-order chi connectivity index (χ0) is 15.2. The number of hydrogen-bond acceptors (Lipinski definition) is 2. The highest BCUT2D eigenvalue weighted by Gasteiger charge is 2.10. The summed E-state index contributed by atoms with van der Waals surface area (Å²) < 4.78 is 44.7. The second kappa shape index (κ2) is 7.02. The van der Waals surface area contributed by atoms with Crippen LogP contribution < -0.4 is 10.1 Å². The van der Waals surface area contributed by atoms with Crippen molar-refractivity contribution in [2.24, 2.45) is 0 Å². The van der Waals surface area contributed by atoms with Crippen LogP contribution in [-0.4, -0.2) is 6.61 Å². The summed E-state index contributed by atoms with van der Waals surface area (Å²) >= 11 is 0. The van der Waals surface area contributed by atoms with Crippen molar-refractivity contribution in [3.8, 4) is 5.75 Å². The van der Waals surface area contributed by atoms with Gasteiger partial charge in [-0.3, -0.25) is 0 Å². The van der Waals surface area contributed by atoms with Crippen LogP contribution in [0.25, 0.3) is 0 Å².